The van der Waals surface area contributed by atoms with Gasteiger partial charge < -0.3 is 10.5 Å². The van der Waals surface area contributed by atoms with Crippen LogP contribution in [0.1, 0.15) is 5.56 Å². The summed E-state index contributed by atoms with van der Waals surface area (Å²) in [6, 6.07) is 5.70. The second kappa shape index (κ2) is 4.85. The molecule has 2 aromatic rings. The molecule has 0 fully saturated rings. The van der Waals surface area contributed by atoms with Crippen molar-refractivity contribution in [1.82, 2.24) is 15.0 Å². The zero-order valence-corrected chi connectivity index (χ0v) is 11.2. The third-order valence-electron chi connectivity index (χ3n) is 1.96. The third kappa shape index (κ3) is 3.04. The first-order valence-corrected chi connectivity index (χ1v) is 5.83. The number of aryl methyl sites for hydroxylation is 1. The van der Waals surface area contributed by atoms with Crippen molar-refractivity contribution in [2.75, 3.05) is 5.73 Å². The van der Waals surface area contributed by atoms with E-state index in [2.05, 4.69) is 30.9 Å². The third-order valence-corrected chi connectivity index (χ3v) is 2.62. The van der Waals surface area contributed by atoms with Crippen LogP contribution in [0.25, 0.3) is 0 Å². The lowest BCUT2D eigenvalue weighted by Gasteiger charge is -2.07. The van der Waals surface area contributed by atoms with Crippen LogP contribution < -0.4 is 10.5 Å². The summed E-state index contributed by atoms with van der Waals surface area (Å²) in [5.41, 5.74) is 6.39. The van der Waals surface area contributed by atoms with Gasteiger partial charge in [0.1, 0.15) is 5.75 Å². The van der Waals surface area contributed by atoms with Crippen LogP contribution in [0.5, 0.6) is 11.8 Å². The van der Waals surface area contributed by atoms with Gasteiger partial charge in [0.2, 0.25) is 11.2 Å². The summed E-state index contributed by atoms with van der Waals surface area (Å²) in [5.74, 6) is 0.647. The Labute approximate surface area is 111 Å². The van der Waals surface area contributed by atoms with E-state index in [4.69, 9.17) is 22.1 Å². The molecule has 0 aliphatic heterocycles. The summed E-state index contributed by atoms with van der Waals surface area (Å²) in [6.07, 6.45) is 0. The SMILES string of the molecule is Cc1ccc(Br)cc1Oc1nc(N)nc(Cl)n1. The number of nitrogens with two attached hydrogens (primary N) is 1. The van der Waals surface area contributed by atoms with Gasteiger partial charge in [0.15, 0.2) is 0 Å². The first-order chi connectivity index (χ1) is 8.04. The maximum atomic E-state index is 5.66. The van der Waals surface area contributed by atoms with E-state index >= 15 is 0 Å². The van der Waals surface area contributed by atoms with Gasteiger partial charge in [-0.1, -0.05) is 22.0 Å². The standard InChI is InChI=1S/C10H8BrClN4O/c1-5-2-3-6(11)4-7(5)17-10-15-8(12)14-9(13)16-10/h2-4H,1H3,(H2,13,14,15,16). The molecule has 0 spiro atoms. The Kier molecular flexibility index (Phi) is 3.44. The molecule has 0 aliphatic rings. The maximum absolute atomic E-state index is 5.66. The van der Waals surface area contributed by atoms with Gasteiger partial charge in [-0.25, -0.2) is 0 Å². The van der Waals surface area contributed by atoms with Gasteiger partial charge in [-0.05, 0) is 36.2 Å². The number of halogens is 2. The van der Waals surface area contributed by atoms with E-state index in [1.807, 2.05) is 25.1 Å². The highest BCUT2D eigenvalue weighted by atomic mass is 79.9. The Bertz CT molecular complexity index is 544. The molecule has 2 rings (SSSR count). The second-order valence-corrected chi connectivity index (χ2v) is 4.51. The van der Waals surface area contributed by atoms with Crippen LogP contribution in [0, 0.1) is 6.92 Å². The van der Waals surface area contributed by atoms with Crippen LogP contribution in [-0.2, 0) is 0 Å². The molecule has 0 bridgehead atoms. The summed E-state index contributed by atoms with van der Waals surface area (Å²) in [7, 11) is 0. The molecule has 5 nitrogen and oxygen atoms in total. The average molecular weight is 316 g/mol. The highest BCUT2D eigenvalue weighted by Gasteiger charge is 2.07. The van der Waals surface area contributed by atoms with E-state index in [1.54, 1.807) is 0 Å². The zero-order valence-electron chi connectivity index (χ0n) is 8.82. The number of nitrogen functional groups attached to an aromatic ring is 1. The smallest absolute Gasteiger partial charge is 0.328 e. The van der Waals surface area contributed by atoms with E-state index in [0.29, 0.717) is 5.75 Å². The fraction of sp³-hybridized carbons (Fsp3) is 0.100. The number of benzene rings is 1. The molecule has 0 saturated carbocycles. The first kappa shape index (κ1) is 12.1. The normalized spacial score (nSPS) is 10.3. The predicted molar refractivity (Wildman–Crippen MR) is 68.2 cm³/mol. The molecule has 1 aromatic carbocycles. The summed E-state index contributed by atoms with van der Waals surface area (Å²) >= 11 is 9.01. The number of hydrogen-bond acceptors (Lipinski definition) is 5. The molecule has 0 unspecified atom stereocenters. The molecule has 0 radical (unpaired) electrons. The van der Waals surface area contributed by atoms with Crippen molar-refractivity contribution in [2.45, 2.75) is 6.92 Å². The van der Waals surface area contributed by atoms with Gasteiger partial charge in [0.25, 0.3) is 0 Å². The summed E-state index contributed by atoms with van der Waals surface area (Å²) < 4.78 is 6.39. The fourth-order valence-corrected chi connectivity index (χ4v) is 1.67. The van der Waals surface area contributed by atoms with Crippen molar-refractivity contribution in [2.24, 2.45) is 0 Å². The maximum Gasteiger partial charge on any atom is 0.328 e. The minimum atomic E-state index is 0.000139. The Morgan fingerprint density at radius 1 is 1.29 bits per heavy atom. The predicted octanol–water partition coefficient (Wildman–Crippen LogP) is 2.97. The number of anilines is 1. The Morgan fingerprint density at radius 3 is 2.76 bits per heavy atom. The molecule has 1 heterocycles. The van der Waals surface area contributed by atoms with E-state index in [1.165, 1.54) is 0 Å². The molecule has 0 saturated heterocycles. The minimum absolute atomic E-state index is 0.000139. The van der Waals surface area contributed by atoms with Gasteiger partial charge in [-0.15, -0.1) is 0 Å². The Balaban J connectivity index is 2.34. The number of aromatic nitrogens is 3. The van der Waals surface area contributed by atoms with Crippen LogP contribution in [0.3, 0.4) is 0 Å². The number of ether oxygens (including phenoxy) is 1. The number of hydrogen-bond donors (Lipinski definition) is 1. The minimum Gasteiger partial charge on any atom is -0.424 e. The van der Waals surface area contributed by atoms with Crippen LogP contribution in [0.2, 0.25) is 5.28 Å². The van der Waals surface area contributed by atoms with Crippen LogP contribution >= 0.6 is 27.5 Å². The lowest BCUT2D eigenvalue weighted by Crippen LogP contribution is -2.00. The molecule has 1 aromatic heterocycles. The molecular weight excluding hydrogens is 307 g/mol. The van der Waals surface area contributed by atoms with Crippen molar-refractivity contribution in [3.8, 4) is 11.8 Å². The van der Waals surface area contributed by atoms with E-state index < -0.39 is 0 Å². The Morgan fingerprint density at radius 2 is 2.06 bits per heavy atom. The van der Waals surface area contributed by atoms with Crippen LogP contribution in [0.15, 0.2) is 22.7 Å². The van der Waals surface area contributed by atoms with Gasteiger partial charge in [0, 0.05) is 4.47 Å². The van der Waals surface area contributed by atoms with Gasteiger partial charge >= 0.3 is 6.01 Å². The fourth-order valence-electron chi connectivity index (χ4n) is 1.17. The molecule has 0 atom stereocenters. The quantitative estimate of drug-likeness (QED) is 0.922. The molecule has 0 aliphatic carbocycles. The highest BCUT2D eigenvalue weighted by Crippen LogP contribution is 2.26. The molecule has 88 valence electrons. The molecule has 0 amide bonds. The van der Waals surface area contributed by atoms with E-state index in [9.17, 15) is 0 Å². The van der Waals surface area contributed by atoms with Gasteiger partial charge in [0.05, 0.1) is 0 Å². The molecule has 17 heavy (non-hydrogen) atoms. The van der Waals surface area contributed by atoms with Gasteiger partial charge in [-0.2, -0.15) is 15.0 Å². The molecule has 2 N–H and O–H groups in total. The zero-order chi connectivity index (χ0) is 12.4. The van der Waals surface area contributed by atoms with Crippen molar-refractivity contribution in [1.29, 1.82) is 0 Å². The van der Waals surface area contributed by atoms with Crippen molar-refractivity contribution in [3.63, 3.8) is 0 Å². The topological polar surface area (TPSA) is 73.9 Å². The second-order valence-electron chi connectivity index (χ2n) is 3.26. The number of rotatable bonds is 2. The van der Waals surface area contributed by atoms with Crippen molar-refractivity contribution < 1.29 is 4.74 Å². The van der Waals surface area contributed by atoms with Gasteiger partial charge in [-0.3, -0.25) is 0 Å². The lowest BCUT2D eigenvalue weighted by molar-refractivity contribution is 0.437. The highest BCUT2D eigenvalue weighted by molar-refractivity contribution is 9.10. The monoisotopic (exact) mass is 314 g/mol. The van der Waals surface area contributed by atoms with E-state index in [0.717, 1.165) is 10.0 Å². The summed E-state index contributed by atoms with van der Waals surface area (Å²) in [4.78, 5) is 11.3. The Hall–Kier alpha value is -1.40. The van der Waals surface area contributed by atoms with Crippen molar-refractivity contribution in [3.05, 3.63) is 33.5 Å². The summed E-state index contributed by atoms with van der Waals surface area (Å²) in [6.45, 7) is 1.91. The number of nitrogens with zero attached hydrogens (tertiary/aromatic N) is 3. The summed E-state index contributed by atoms with van der Waals surface area (Å²) in [5, 5.41) is 0.000139. The average Bonchev–Trinajstić information content (AvgIpc) is 2.22. The first-order valence-electron chi connectivity index (χ1n) is 4.65. The molecular formula is C10H8BrClN4O. The molecule has 7 heteroatoms. The van der Waals surface area contributed by atoms with Crippen LogP contribution in [-0.4, -0.2) is 15.0 Å². The van der Waals surface area contributed by atoms with Crippen LogP contribution in [0.4, 0.5) is 5.95 Å². The van der Waals surface area contributed by atoms with Crippen molar-refractivity contribution >= 4 is 33.5 Å². The lowest BCUT2D eigenvalue weighted by atomic mass is 10.2. The largest absolute Gasteiger partial charge is 0.424 e. The van der Waals surface area contributed by atoms with E-state index in [-0.39, 0.29) is 17.2 Å².